The van der Waals surface area contributed by atoms with Crippen LogP contribution in [0.5, 0.6) is 0 Å². The van der Waals surface area contributed by atoms with Crippen molar-refractivity contribution >= 4 is 15.9 Å². The van der Waals surface area contributed by atoms with Gasteiger partial charge in [-0.15, -0.1) is 0 Å². The predicted molar refractivity (Wildman–Crippen MR) is 84.5 cm³/mol. The first kappa shape index (κ1) is 17.8. The molecule has 6 nitrogen and oxygen atoms in total. The summed E-state index contributed by atoms with van der Waals surface area (Å²) < 4.78 is 40.4. The van der Waals surface area contributed by atoms with Gasteiger partial charge in [-0.3, -0.25) is 4.79 Å². The molecule has 0 aromatic heterocycles. The Hall–Kier alpha value is -1.51. The number of halogens is 1. The normalized spacial score (nSPS) is 20.3. The molecule has 1 fully saturated rings. The SMILES string of the molecule is CC(CN)C(=O)N1CCCC(NS(=O)(=O)c2cccc(F)c2)C1. The van der Waals surface area contributed by atoms with E-state index in [1.54, 1.807) is 11.8 Å². The third-order valence-corrected chi connectivity index (χ3v) is 5.45. The number of rotatable bonds is 5. The van der Waals surface area contributed by atoms with Crippen molar-refractivity contribution in [1.29, 1.82) is 0 Å². The molecule has 8 heteroatoms. The van der Waals surface area contributed by atoms with Gasteiger partial charge in [0.05, 0.1) is 4.90 Å². The maximum atomic E-state index is 13.2. The van der Waals surface area contributed by atoms with E-state index in [0.717, 1.165) is 6.07 Å². The zero-order chi connectivity index (χ0) is 17.0. The van der Waals surface area contributed by atoms with Crippen molar-refractivity contribution in [1.82, 2.24) is 9.62 Å². The fraction of sp³-hybridized carbons (Fsp3) is 0.533. The summed E-state index contributed by atoms with van der Waals surface area (Å²) in [6, 6.07) is 4.47. The number of carbonyl (C=O) groups is 1. The predicted octanol–water partition coefficient (Wildman–Crippen LogP) is 0.690. The summed E-state index contributed by atoms with van der Waals surface area (Å²) in [6.07, 6.45) is 1.34. The Balaban J connectivity index is 2.06. The zero-order valence-corrected chi connectivity index (χ0v) is 13.9. The van der Waals surface area contributed by atoms with Crippen LogP contribution in [0.2, 0.25) is 0 Å². The molecule has 2 atom stereocenters. The molecule has 128 valence electrons. The number of nitrogens with two attached hydrogens (primary N) is 1. The van der Waals surface area contributed by atoms with E-state index in [0.29, 0.717) is 25.9 Å². The highest BCUT2D eigenvalue weighted by molar-refractivity contribution is 7.89. The average molecular weight is 343 g/mol. The first-order valence-corrected chi connectivity index (χ1v) is 9.08. The molecule has 0 saturated carbocycles. The highest BCUT2D eigenvalue weighted by Gasteiger charge is 2.29. The number of carbonyl (C=O) groups excluding carboxylic acids is 1. The molecular formula is C15H22FN3O3S. The van der Waals surface area contributed by atoms with Crippen molar-refractivity contribution in [2.75, 3.05) is 19.6 Å². The van der Waals surface area contributed by atoms with Crippen molar-refractivity contribution in [2.45, 2.75) is 30.7 Å². The first-order chi connectivity index (χ1) is 10.8. The Labute approximate surface area is 135 Å². The van der Waals surface area contributed by atoms with Gasteiger partial charge in [-0.25, -0.2) is 17.5 Å². The molecule has 1 saturated heterocycles. The van der Waals surface area contributed by atoms with Crippen LogP contribution in [-0.2, 0) is 14.8 Å². The molecule has 0 spiro atoms. The molecule has 2 rings (SSSR count). The number of benzene rings is 1. The monoisotopic (exact) mass is 343 g/mol. The van der Waals surface area contributed by atoms with Crippen LogP contribution in [0.25, 0.3) is 0 Å². The summed E-state index contributed by atoms with van der Waals surface area (Å²) in [5, 5.41) is 0. The number of amides is 1. The second kappa shape index (κ2) is 7.37. The molecule has 1 aromatic rings. The smallest absolute Gasteiger partial charge is 0.240 e. The van der Waals surface area contributed by atoms with Crippen LogP contribution in [0.1, 0.15) is 19.8 Å². The fourth-order valence-electron chi connectivity index (χ4n) is 2.61. The summed E-state index contributed by atoms with van der Waals surface area (Å²) in [5.41, 5.74) is 5.51. The van der Waals surface area contributed by atoms with Gasteiger partial charge in [0.15, 0.2) is 0 Å². The average Bonchev–Trinajstić information content (AvgIpc) is 2.53. The van der Waals surface area contributed by atoms with E-state index >= 15 is 0 Å². The highest BCUT2D eigenvalue weighted by Crippen LogP contribution is 2.17. The number of sulfonamides is 1. The summed E-state index contributed by atoms with van der Waals surface area (Å²) in [6.45, 7) is 2.91. The topological polar surface area (TPSA) is 92.5 Å². The zero-order valence-electron chi connectivity index (χ0n) is 13.0. The minimum absolute atomic E-state index is 0.0675. The van der Waals surface area contributed by atoms with Crippen LogP contribution < -0.4 is 10.5 Å². The number of nitrogens with one attached hydrogen (secondary N) is 1. The Morgan fingerprint density at radius 1 is 1.52 bits per heavy atom. The van der Waals surface area contributed by atoms with Gasteiger partial charge >= 0.3 is 0 Å². The third kappa shape index (κ3) is 4.49. The quantitative estimate of drug-likeness (QED) is 0.823. The van der Waals surface area contributed by atoms with Crippen molar-refractivity contribution < 1.29 is 17.6 Å². The molecule has 0 aliphatic carbocycles. The van der Waals surface area contributed by atoms with E-state index in [9.17, 15) is 17.6 Å². The molecule has 3 N–H and O–H groups in total. The van der Waals surface area contributed by atoms with Crippen molar-refractivity contribution in [3.8, 4) is 0 Å². The lowest BCUT2D eigenvalue weighted by atomic mass is 10.0. The molecule has 0 radical (unpaired) electrons. The second-order valence-corrected chi connectivity index (χ2v) is 7.55. The van der Waals surface area contributed by atoms with Crippen molar-refractivity contribution in [2.24, 2.45) is 11.7 Å². The number of likely N-dealkylation sites (tertiary alicyclic amines) is 1. The number of nitrogens with zero attached hydrogens (tertiary/aromatic N) is 1. The second-order valence-electron chi connectivity index (χ2n) is 5.84. The summed E-state index contributed by atoms with van der Waals surface area (Å²) >= 11 is 0. The van der Waals surface area contributed by atoms with Gasteiger partial charge in [0, 0.05) is 31.6 Å². The van der Waals surface area contributed by atoms with Gasteiger partial charge in [-0.05, 0) is 31.0 Å². The molecular weight excluding hydrogens is 321 g/mol. The van der Waals surface area contributed by atoms with E-state index in [1.807, 2.05) is 0 Å². The van der Waals surface area contributed by atoms with Gasteiger partial charge < -0.3 is 10.6 Å². The summed E-state index contributed by atoms with van der Waals surface area (Å²) in [7, 11) is -3.81. The van der Waals surface area contributed by atoms with Crippen LogP contribution in [-0.4, -0.2) is 44.9 Å². The maximum Gasteiger partial charge on any atom is 0.240 e. The van der Waals surface area contributed by atoms with E-state index in [-0.39, 0.29) is 29.3 Å². The Bertz CT molecular complexity index is 666. The van der Waals surface area contributed by atoms with E-state index in [2.05, 4.69) is 4.72 Å². The van der Waals surface area contributed by atoms with E-state index in [4.69, 9.17) is 5.73 Å². The fourth-order valence-corrected chi connectivity index (χ4v) is 3.90. The van der Waals surface area contributed by atoms with Crippen LogP contribution in [0, 0.1) is 11.7 Å². The van der Waals surface area contributed by atoms with Crippen LogP contribution >= 0.6 is 0 Å². The standard InChI is InChI=1S/C15H22FN3O3S/c1-11(9-17)15(20)19-7-3-5-13(10-19)18-23(21,22)14-6-2-4-12(16)8-14/h2,4,6,8,11,13,18H,3,5,7,9-10,17H2,1H3. The lowest BCUT2D eigenvalue weighted by molar-refractivity contribution is -0.135. The number of piperidine rings is 1. The Morgan fingerprint density at radius 3 is 2.91 bits per heavy atom. The van der Waals surface area contributed by atoms with Crippen LogP contribution in [0.15, 0.2) is 29.2 Å². The van der Waals surface area contributed by atoms with Gasteiger partial charge in [0.2, 0.25) is 15.9 Å². The third-order valence-electron chi connectivity index (χ3n) is 3.94. The lowest BCUT2D eigenvalue weighted by Gasteiger charge is -2.34. The largest absolute Gasteiger partial charge is 0.341 e. The molecule has 2 unspecified atom stereocenters. The molecule has 23 heavy (non-hydrogen) atoms. The first-order valence-electron chi connectivity index (χ1n) is 7.60. The molecule has 1 aliphatic rings. The molecule has 1 aromatic carbocycles. The number of hydrogen-bond acceptors (Lipinski definition) is 4. The minimum Gasteiger partial charge on any atom is -0.341 e. The molecule has 1 heterocycles. The van der Waals surface area contributed by atoms with Crippen molar-refractivity contribution in [3.63, 3.8) is 0 Å². The Morgan fingerprint density at radius 2 is 2.26 bits per heavy atom. The summed E-state index contributed by atoms with van der Waals surface area (Å²) in [4.78, 5) is 13.7. The lowest BCUT2D eigenvalue weighted by Crippen LogP contribution is -2.51. The summed E-state index contributed by atoms with van der Waals surface area (Å²) in [5.74, 6) is -0.958. The van der Waals surface area contributed by atoms with Crippen LogP contribution in [0.3, 0.4) is 0 Å². The minimum atomic E-state index is -3.81. The highest BCUT2D eigenvalue weighted by atomic mass is 32.2. The van der Waals surface area contributed by atoms with Gasteiger partial charge in [-0.2, -0.15) is 0 Å². The molecule has 0 bridgehead atoms. The molecule has 1 amide bonds. The van der Waals surface area contributed by atoms with Gasteiger partial charge in [0.25, 0.3) is 0 Å². The van der Waals surface area contributed by atoms with Crippen molar-refractivity contribution in [3.05, 3.63) is 30.1 Å². The van der Waals surface area contributed by atoms with Crippen LogP contribution in [0.4, 0.5) is 4.39 Å². The van der Waals surface area contributed by atoms with Gasteiger partial charge in [-0.1, -0.05) is 13.0 Å². The number of hydrogen-bond donors (Lipinski definition) is 2. The van der Waals surface area contributed by atoms with Gasteiger partial charge in [0.1, 0.15) is 5.82 Å². The van der Waals surface area contributed by atoms with E-state index < -0.39 is 15.8 Å². The molecule has 1 aliphatic heterocycles. The van der Waals surface area contributed by atoms with E-state index in [1.165, 1.54) is 18.2 Å². The Kier molecular flexibility index (Phi) is 5.72. The maximum absolute atomic E-state index is 13.2.